The first kappa shape index (κ1) is 20.7. The number of benzene rings is 1. The molecule has 3 aromatic rings. The van der Waals surface area contributed by atoms with Crippen LogP contribution in [0.4, 0.5) is 10.3 Å². The number of hydrogen-bond acceptors (Lipinski definition) is 6. The molecule has 1 aromatic carbocycles. The van der Waals surface area contributed by atoms with E-state index in [-0.39, 0.29) is 28.7 Å². The third kappa shape index (κ3) is 3.27. The summed E-state index contributed by atoms with van der Waals surface area (Å²) in [5.74, 6) is 5.74. The lowest BCUT2D eigenvalue weighted by Gasteiger charge is -2.41. The van der Waals surface area contributed by atoms with Gasteiger partial charge in [0.2, 0.25) is 5.95 Å². The average molecular weight is 436 g/mol. The van der Waals surface area contributed by atoms with Gasteiger partial charge in [-0.05, 0) is 37.8 Å². The minimum absolute atomic E-state index is 0.0132. The van der Waals surface area contributed by atoms with Gasteiger partial charge in [0.25, 0.3) is 5.56 Å². The Kier molecular flexibility index (Phi) is 4.99. The van der Waals surface area contributed by atoms with E-state index in [2.05, 4.69) is 31.9 Å². The van der Waals surface area contributed by atoms with Gasteiger partial charge < -0.3 is 15.4 Å². The fourth-order valence-corrected chi connectivity index (χ4v) is 4.73. The molecule has 32 heavy (non-hydrogen) atoms. The number of piperidine rings is 1. The molecule has 1 spiro atoms. The molecule has 8 nitrogen and oxygen atoms in total. The molecule has 0 unspecified atom stereocenters. The molecule has 2 aliphatic heterocycles. The van der Waals surface area contributed by atoms with Gasteiger partial charge in [0.1, 0.15) is 16.9 Å². The Labute approximate surface area is 184 Å². The van der Waals surface area contributed by atoms with Crippen LogP contribution in [0.3, 0.4) is 0 Å². The fourth-order valence-electron chi connectivity index (χ4n) is 4.73. The van der Waals surface area contributed by atoms with Crippen molar-refractivity contribution in [2.45, 2.75) is 31.9 Å². The van der Waals surface area contributed by atoms with Gasteiger partial charge in [0.15, 0.2) is 5.65 Å². The number of hydrogen-bond donors (Lipinski definition) is 2. The smallest absolute Gasteiger partial charge is 0.267 e. The van der Waals surface area contributed by atoms with E-state index in [1.54, 1.807) is 25.2 Å². The zero-order valence-electron chi connectivity index (χ0n) is 18.1. The van der Waals surface area contributed by atoms with Gasteiger partial charge in [-0.2, -0.15) is 10.1 Å². The quantitative estimate of drug-likeness (QED) is 0.561. The van der Waals surface area contributed by atoms with E-state index in [0.29, 0.717) is 29.3 Å². The van der Waals surface area contributed by atoms with Crippen molar-refractivity contribution < 1.29 is 9.13 Å². The normalized spacial score (nSPS) is 22.3. The predicted octanol–water partition coefficient (Wildman–Crippen LogP) is 1.53. The third-order valence-electron chi connectivity index (χ3n) is 6.86. The van der Waals surface area contributed by atoms with Crippen molar-refractivity contribution in [3.63, 3.8) is 0 Å². The number of nitrogens with two attached hydrogens (primary N) is 1. The van der Waals surface area contributed by atoms with Crippen LogP contribution >= 0.6 is 0 Å². The van der Waals surface area contributed by atoms with Gasteiger partial charge in [0, 0.05) is 31.6 Å². The highest BCUT2D eigenvalue weighted by Gasteiger charge is 2.47. The maximum atomic E-state index is 13.9. The summed E-state index contributed by atoms with van der Waals surface area (Å²) in [7, 11) is 1.70. The summed E-state index contributed by atoms with van der Waals surface area (Å²) in [6.45, 7) is 4.17. The number of ether oxygens (including phenoxy) is 1. The summed E-state index contributed by atoms with van der Waals surface area (Å²) in [6, 6.07) is 6.25. The number of aromatic amines is 1. The molecule has 3 N–H and O–H groups in total. The first-order chi connectivity index (χ1) is 15.4. The highest BCUT2D eigenvalue weighted by molar-refractivity contribution is 5.81. The first-order valence-electron chi connectivity index (χ1n) is 10.7. The first-order valence-corrected chi connectivity index (χ1v) is 10.7. The third-order valence-corrected chi connectivity index (χ3v) is 6.86. The molecule has 0 aliphatic carbocycles. The van der Waals surface area contributed by atoms with Crippen LogP contribution in [0.25, 0.3) is 11.0 Å². The lowest BCUT2D eigenvalue weighted by molar-refractivity contribution is 0.0973. The number of nitrogens with zero attached hydrogens (tertiary/aromatic N) is 4. The molecule has 0 bridgehead atoms. The molecule has 0 radical (unpaired) electrons. The molecule has 2 fully saturated rings. The summed E-state index contributed by atoms with van der Waals surface area (Å²) in [6.07, 6.45) is 1.83. The molecule has 9 heteroatoms. The van der Waals surface area contributed by atoms with Crippen LogP contribution in [-0.4, -0.2) is 51.6 Å². The van der Waals surface area contributed by atoms with E-state index >= 15 is 0 Å². The topological polar surface area (TPSA) is 102 Å². The zero-order chi connectivity index (χ0) is 22.5. The van der Waals surface area contributed by atoms with Gasteiger partial charge in [-0.3, -0.25) is 14.5 Å². The van der Waals surface area contributed by atoms with Gasteiger partial charge >= 0.3 is 0 Å². The van der Waals surface area contributed by atoms with Crippen LogP contribution in [0.2, 0.25) is 0 Å². The molecule has 2 aliphatic rings. The highest BCUT2D eigenvalue weighted by Crippen LogP contribution is 2.41. The molecule has 0 amide bonds. The van der Waals surface area contributed by atoms with Crippen LogP contribution in [0, 0.1) is 23.1 Å². The molecular formula is C23H25FN6O2. The second-order valence-corrected chi connectivity index (χ2v) is 8.69. The second kappa shape index (κ2) is 7.73. The summed E-state index contributed by atoms with van der Waals surface area (Å²) < 4.78 is 21.2. The van der Waals surface area contributed by atoms with Crippen molar-refractivity contribution >= 4 is 17.0 Å². The maximum absolute atomic E-state index is 13.9. The standard InChI is InChI=1S/C23H25FN6O2/c1-14-19(25)23(13-32-14)9-11-30(12-10-23)22-26-20-18(21(31)29(22)2)17(27-28-20)8-7-15-5-3-4-6-16(15)24/h3-6,14,19H,9-13,25H2,1-2H3,(H,27,28)/t14-,19+/m0/s1. The van der Waals surface area contributed by atoms with Crippen molar-refractivity contribution in [2.24, 2.45) is 18.2 Å². The number of nitrogens with one attached hydrogen (secondary N) is 1. The van der Waals surface area contributed by atoms with Crippen molar-refractivity contribution in [3.05, 3.63) is 51.7 Å². The van der Waals surface area contributed by atoms with Gasteiger partial charge in [-0.25, -0.2) is 4.39 Å². The number of halogens is 1. The number of H-pyrrole nitrogens is 1. The minimum Gasteiger partial charge on any atom is -0.376 e. The lowest BCUT2D eigenvalue weighted by atomic mass is 9.73. The highest BCUT2D eigenvalue weighted by atomic mass is 19.1. The van der Waals surface area contributed by atoms with Gasteiger partial charge in [0.05, 0.1) is 18.3 Å². The molecule has 166 valence electrons. The Morgan fingerprint density at radius 3 is 2.72 bits per heavy atom. The zero-order valence-corrected chi connectivity index (χ0v) is 18.1. The molecule has 2 saturated heterocycles. The van der Waals surface area contributed by atoms with E-state index < -0.39 is 5.82 Å². The number of rotatable bonds is 1. The van der Waals surface area contributed by atoms with Crippen molar-refractivity contribution in [2.75, 3.05) is 24.6 Å². The molecule has 2 atom stereocenters. The summed E-state index contributed by atoms with van der Waals surface area (Å²) in [4.78, 5) is 19.9. The van der Waals surface area contributed by atoms with E-state index in [4.69, 9.17) is 10.5 Å². The molecule has 5 rings (SSSR count). The summed E-state index contributed by atoms with van der Waals surface area (Å²) in [5, 5.41) is 7.27. The second-order valence-electron chi connectivity index (χ2n) is 8.69. The number of fused-ring (bicyclic) bond motifs is 1. The lowest BCUT2D eigenvalue weighted by Crippen LogP contribution is -2.51. The molecule has 2 aromatic heterocycles. The summed E-state index contributed by atoms with van der Waals surface area (Å²) >= 11 is 0. The monoisotopic (exact) mass is 436 g/mol. The van der Waals surface area contributed by atoms with Gasteiger partial charge in [-0.15, -0.1) is 0 Å². The largest absolute Gasteiger partial charge is 0.376 e. The van der Waals surface area contributed by atoms with Crippen LogP contribution in [0.15, 0.2) is 29.1 Å². The van der Waals surface area contributed by atoms with E-state index in [9.17, 15) is 9.18 Å². The Hall–Kier alpha value is -3.22. The summed E-state index contributed by atoms with van der Waals surface area (Å²) in [5.41, 5.74) is 7.04. The van der Waals surface area contributed by atoms with E-state index in [1.807, 2.05) is 6.92 Å². The number of aromatic nitrogens is 4. The molecular weight excluding hydrogens is 411 g/mol. The van der Waals surface area contributed by atoms with Crippen LogP contribution in [-0.2, 0) is 11.8 Å². The molecule has 0 saturated carbocycles. The van der Waals surface area contributed by atoms with Crippen LogP contribution < -0.4 is 16.2 Å². The van der Waals surface area contributed by atoms with Crippen LogP contribution in [0.1, 0.15) is 31.0 Å². The Morgan fingerprint density at radius 1 is 1.28 bits per heavy atom. The van der Waals surface area contributed by atoms with Crippen molar-refractivity contribution in [3.8, 4) is 11.8 Å². The Balaban J connectivity index is 1.45. The van der Waals surface area contributed by atoms with E-state index in [0.717, 1.165) is 25.9 Å². The number of anilines is 1. The predicted molar refractivity (Wildman–Crippen MR) is 119 cm³/mol. The van der Waals surface area contributed by atoms with Crippen molar-refractivity contribution in [1.29, 1.82) is 0 Å². The fraction of sp³-hybridized carbons (Fsp3) is 0.435. The van der Waals surface area contributed by atoms with Crippen LogP contribution in [0.5, 0.6) is 0 Å². The van der Waals surface area contributed by atoms with Gasteiger partial charge in [-0.1, -0.05) is 18.1 Å². The average Bonchev–Trinajstić information content (AvgIpc) is 3.33. The van der Waals surface area contributed by atoms with Crippen molar-refractivity contribution in [1.82, 2.24) is 19.7 Å². The Morgan fingerprint density at radius 2 is 2.03 bits per heavy atom. The Bertz CT molecular complexity index is 1300. The SMILES string of the molecule is C[C@@H]1OCC2(CCN(c3nc4n[nH]c(C#Cc5ccccc5F)c4c(=O)n3C)CC2)[C@@H]1N. The minimum atomic E-state index is -0.415. The molecule has 4 heterocycles. The van der Waals surface area contributed by atoms with E-state index in [1.165, 1.54) is 10.6 Å². The maximum Gasteiger partial charge on any atom is 0.267 e.